The van der Waals surface area contributed by atoms with E-state index in [1.165, 1.54) is 0 Å². The molecule has 4 heteroatoms. The third-order valence-electron chi connectivity index (χ3n) is 4.13. The van der Waals surface area contributed by atoms with Crippen molar-refractivity contribution in [3.05, 3.63) is 29.8 Å². The minimum Gasteiger partial charge on any atom is -0.376 e. The Morgan fingerprint density at radius 1 is 1.17 bits per heavy atom. The third-order valence-corrected chi connectivity index (χ3v) is 4.13. The van der Waals surface area contributed by atoms with E-state index in [2.05, 4.69) is 33.0 Å². The first-order valence-electron chi connectivity index (χ1n) is 8.76. The van der Waals surface area contributed by atoms with Crippen LogP contribution in [-0.2, 0) is 20.9 Å². The molecule has 0 saturated carbocycles. The zero-order valence-electron chi connectivity index (χ0n) is 16.0. The number of benzene rings is 1. The molecule has 1 aromatic carbocycles. The quantitative estimate of drug-likeness (QED) is 0.669. The second kappa shape index (κ2) is 9.80. The lowest BCUT2D eigenvalue weighted by Crippen LogP contribution is -2.23. The van der Waals surface area contributed by atoms with E-state index in [0.29, 0.717) is 32.2 Å². The molecule has 0 aliphatic rings. The molecule has 0 aliphatic carbocycles. The van der Waals surface area contributed by atoms with Crippen LogP contribution in [0, 0.1) is 11.3 Å². The van der Waals surface area contributed by atoms with Gasteiger partial charge in [-0.3, -0.25) is 4.79 Å². The van der Waals surface area contributed by atoms with Gasteiger partial charge in [-0.25, -0.2) is 0 Å². The fourth-order valence-electron chi connectivity index (χ4n) is 2.07. The standard InChI is InChI=1S/C20H33NO3/c1-15(2)24-11-10-23-14-17-8-7-9-18(13-17)21-19(22)12-16(3)20(4,5)6/h7-9,13,15-16H,10-12,14H2,1-6H3,(H,21,22). The average Bonchev–Trinajstić information content (AvgIpc) is 2.45. The van der Waals surface area contributed by atoms with Crippen molar-refractivity contribution in [1.82, 2.24) is 0 Å². The van der Waals surface area contributed by atoms with Gasteiger partial charge in [0.1, 0.15) is 0 Å². The lowest BCUT2D eigenvalue weighted by Gasteiger charge is -2.26. The van der Waals surface area contributed by atoms with Crippen LogP contribution >= 0.6 is 0 Å². The fourth-order valence-corrected chi connectivity index (χ4v) is 2.07. The second-order valence-electron chi connectivity index (χ2n) is 7.69. The molecule has 0 radical (unpaired) electrons. The predicted octanol–water partition coefficient (Wildman–Crippen LogP) is 4.64. The maximum Gasteiger partial charge on any atom is 0.224 e. The highest BCUT2D eigenvalue weighted by molar-refractivity contribution is 5.90. The maximum atomic E-state index is 12.2. The molecule has 1 amide bonds. The molecular weight excluding hydrogens is 302 g/mol. The Kier molecular flexibility index (Phi) is 8.43. The molecule has 0 heterocycles. The second-order valence-corrected chi connectivity index (χ2v) is 7.69. The summed E-state index contributed by atoms with van der Waals surface area (Å²) in [6.07, 6.45) is 0.749. The van der Waals surface area contributed by atoms with Gasteiger partial charge in [-0.1, -0.05) is 39.8 Å². The maximum absolute atomic E-state index is 12.2. The van der Waals surface area contributed by atoms with E-state index in [1.807, 2.05) is 38.1 Å². The van der Waals surface area contributed by atoms with Crippen molar-refractivity contribution in [3.63, 3.8) is 0 Å². The van der Waals surface area contributed by atoms with Crippen LogP contribution in [0.15, 0.2) is 24.3 Å². The average molecular weight is 335 g/mol. The van der Waals surface area contributed by atoms with Crippen molar-refractivity contribution in [2.24, 2.45) is 11.3 Å². The molecule has 0 bridgehead atoms. The molecule has 0 aliphatic heterocycles. The molecule has 0 saturated heterocycles. The number of anilines is 1. The summed E-state index contributed by atoms with van der Waals surface area (Å²) in [6.45, 7) is 14.3. The molecule has 1 N–H and O–H groups in total. The molecule has 0 aromatic heterocycles. The van der Waals surface area contributed by atoms with Crippen molar-refractivity contribution in [2.45, 2.75) is 60.7 Å². The van der Waals surface area contributed by atoms with Crippen molar-refractivity contribution in [1.29, 1.82) is 0 Å². The summed E-state index contributed by atoms with van der Waals surface area (Å²) in [5.74, 6) is 0.380. The zero-order chi connectivity index (χ0) is 18.2. The number of nitrogens with one attached hydrogen (secondary N) is 1. The minimum atomic E-state index is 0.0563. The highest BCUT2D eigenvalue weighted by Crippen LogP contribution is 2.28. The van der Waals surface area contributed by atoms with Crippen molar-refractivity contribution in [3.8, 4) is 0 Å². The zero-order valence-corrected chi connectivity index (χ0v) is 16.0. The highest BCUT2D eigenvalue weighted by atomic mass is 16.5. The van der Waals surface area contributed by atoms with Crippen LogP contribution in [0.4, 0.5) is 5.69 Å². The topological polar surface area (TPSA) is 47.6 Å². The van der Waals surface area contributed by atoms with Crippen LogP contribution in [0.1, 0.15) is 53.5 Å². The summed E-state index contributed by atoms with van der Waals surface area (Å²) in [6, 6.07) is 7.80. The minimum absolute atomic E-state index is 0.0563. The van der Waals surface area contributed by atoms with Crippen LogP contribution in [0.3, 0.4) is 0 Å². The first-order chi connectivity index (χ1) is 11.2. The Balaban J connectivity index is 2.43. The van der Waals surface area contributed by atoms with Crippen LogP contribution < -0.4 is 5.32 Å². The fraction of sp³-hybridized carbons (Fsp3) is 0.650. The molecule has 1 atom stereocenters. The summed E-state index contributed by atoms with van der Waals surface area (Å²) in [5, 5.41) is 2.98. The normalized spacial score (nSPS) is 13.1. The van der Waals surface area contributed by atoms with E-state index in [9.17, 15) is 4.79 Å². The summed E-state index contributed by atoms with van der Waals surface area (Å²) in [4.78, 5) is 12.2. The van der Waals surface area contributed by atoms with Gasteiger partial charge in [-0.2, -0.15) is 0 Å². The summed E-state index contributed by atoms with van der Waals surface area (Å²) in [7, 11) is 0. The molecular formula is C20H33NO3. The van der Waals surface area contributed by atoms with E-state index in [-0.39, 0.29) is 17.4 Å². The van der Waals surface area contributed by atoms with Gasteiger partial charge in [0.25, 0.3) is 0 Å². The monoisotopic (exact) mass is 335 g/mol. The van der Waals surface area contributed by atoms with Gasteiger partial charge in [0.2, 0.25) is 5.91 Å². The van der Waals surface area contributed by atoms with Crippen LogP contribution in [0.5, 0.6) is 0 Å². The Bertz CT molecular complexity index is 506. The number of hydrogen-bond acceptors (Lipinski definition) is 3. The van der Waals surface area contributed by atoms with E-state index < -0.39 is 0 Å². The Labute approximate surface area is 146 Å². The Morgan fingerprint density at radius 3 is 2.50 bits per heavy atom. The summed E-state index contributed by atoms with van der Waals surface area (Å²) < 4.78 is 11.0. The van der Waals surface area contributed by atoms with E-state index in [0.717, 1.165) is 11.3 Å². The molecule has 1 rings (SSSR count). The van der Waals surface area contributed by atoms with Gasteiger partial charge in [0, 0.05) is 12.1 Å². The molecule has 0 fully saturated rings. The lowest BCUT2D eigenvalue weighted by molar-refractivity contribution is -0.117. The largest absolute Gasteiger partial charge is 0.376 e. The number of hydrogen-bond donors (Lipinski definition) is 1. The molecule has 1 unspecified atom stereocenters. The van der Waals surface area contributed by atoms with Crippen LogP contribution in [0.2, 0.25) is 0 Å². The van der Waals surface area contributed by atoms with E-state index in [4.69, 9.17) is 9.47 Å². The Hall–Kier alpha value is -1.39. The SMILES string of the molecule is CC(C)OCCOCc1cccc(NC(=O)CC(C)C(C)(C)C)c1. The lowest BCUT2D eigenvalue weighted by atomic mass is 9.80. The van der Waals surface area contributed by atoms with Crippen LogP contribution in [0.25, 0.3) is 0 Å². The summed E-state index contributed by atoms with van der Waals surface area (Å²) >= 11 is 0. The molecule has 24 heavy (non-hydrogen) atoms. The predicted molar refractivity (Wildman–Crippen MR) is 99.1 cm³/mol. The number of carbonyl (C=O) groups excluding carboxylic acids is 1. The van der Waals surface area contributed by atoms with E-state index in [1.54, 1.807) is 0 Å². The van der Waals surface area contributed by atoms with Gasteiger partial charge < -0.3 is 14.8 Å². The summed E-state index contributed by atoms with van der Waals surface area (Å²) in [5.41, 5.74) is 1.99. The number of carbonyl (C=O) groups is 1. The third kappa shape index (κ3) is 8.46. The van der Waals surface area contributed by atoms with Crippen molar-refractivity contribution < 1.29 is 14.3 Å². The van der Waals surface area contributed by atoms with E-state index >= 15 is 0 Å². The van der Waals surface area contributed by atoms with Gasteiger partial charge in [0.15, 0.2) is 0 Å². The molecule has 4 nitrogen and oxygen atoms in total. The van der Waals surface area contributed by atoms with Crippen molar-refractivity contribution in [2.75, 3.05) is 18.5 Å². The van der Waals surface area contributed by atoms with Crippen molar-refractivity contribution >= 4 is 11.6 Å². The first kappa shape index (κ1) is 20.7. The smallest absolute Gasteiger partial charge is 0.224 e. The number of amides is 1. The van der Waals surface area contributed by atoms with Gasteiger partial charge >= 0.3 is 0 Å². The Morgan fingerprint density at radius 2 is 1.88 bits per heavy atom. The number of ether oxygens (including phenoxy) is 2. The van der Waals surface area contributed by atoms with Gasteiger partial charge in [-0.05, 0) is 42.9 Å². The first-order valence-corrected chi connectivity index (χ1v) is 8.76. The highest BCUT2D eigenvalue weighted by Gasteiger charge is 2.22. The molecule has 1 aromatic rings. The van der Waals surface area contributed by atoms with Crippen LogP contribution in [-0.4, -0.2) is 25.2 Å². The van der Waals surface area contributed by atoms with Gasteiger partial charge in [0.05, 0.1) is 25.9 Å². The molecule has 0 spiro atoms. The van der Waals surface area contributed by atoms with Gasteiger partial charge in [-0.15, -0.1) is 0 Å². The number of rotatable bonds is 9. The molecule has 136 valence electrons.